The molecule has 0 atom stereocenters. The second-order valence-corrected chi connectivity index (χ2v) is 3.50. The van der Waals surface area contributed by atoms with Crippen LogP contribution in [0.25, 0.3) is 21.7 Å². The minimum absolute atomic E-state index is 0.192. The molecule has 0 spiro atoms. The normalized spacial score (nSPS) is 10.9. The van der Waals surface area contributed by atoms with Crippen LogP contribution >= 0.6 is 0 Å². The van der Waals surface area contributed by atoms with Crippen LogP contribution in [0.2, 0.25) is 0 Å². The molecule has 3 rings (SSSR count). The van der Waals surface area contributed by atoms with Crippen molar-refractivity contribution >= 4 is 21.7 Å². The van der Waals surface area contributed by atoms with Gasteiger partial charge < -0.3 is 4.42 Å². The van der Waals surface area contributed by atoms with Crippen molar-refractivity contribution in [3.8, 4) is 0 Å². The molecule has 0 radical (unpaired) electrons. The molecular weight excluding hydrogens is 186 g/mol. The van der Waals surface area contributed by atoms with E-state index in [1.54, 1.807) is 6.07 Å². The number of rotatable bonds is 0. The van der Waals surface area contributed by atoms with Crippen LogP contribution in [-0.2, 0) is 0 Å². The summed E-state index contributed by atoms with van der Waals surface area (Å²) in [7, 11) is 0. The third kappa shape index (κ3) is 1.22. The fourth-order valence-electron chi connectivity index (χ4n) is 1.85. The van der Waals surface area contributed by atoms with Crippen molar-refractivity contribution in [3.05, 3.63) is 54.1 Å². The van der Waals surface area contributed by atoms with Crippen molar-refractivity contribution in [3.63, 3.8) is 0 Å². The van der Waals surface area contributed by atoms with Crippen LogP contribution in [0.4, 0.5) is 0 Å². The lowest BCUT2D eigenvalue weighted by atomic mass is 10.1. The summed E-state index contributed by atoms with van der Waals surface area (Å²) in [5.74, 6) is 0. The molecule has 2 aromatic carbocycles. The van der Waals surface area contributed by atoms with Crippen molar-refractivity contribution in [2.75, 3.05) is 0 Å². The average Bonchev–Trinajstić information content (AvgIpc) is 2.28. The van der Waals surface area contributed by atoms with Crippen LogP contribution < -0.4 is 5.55 Å². The molecule has 15 heavy (non-hydrogen) atoms. The molecule has 1 aromatic heterocycles. The Bertz CT molecular complexity index is 697. The number of hydrogen-bond donors (Lipinski definition) is 1. The van der Waals surface area contributed by atoms with Crippen LogP contribution in [0.15, 0.2) is 52.9 Å². The largest absolute Gasteiger partial charge is 0.439 e. The molecule has 2 nitrogen and oxygen atoms in total. The van der Waals surface area contributed by atoms with Crippen molar-refractivity contribution in [2.45, 2.75) is 0 Å². The van der Waals surface area contributed by atoms with Gasteiger partial charge in [-0.25, -0.2) is 0 Å². The van der Waals surface area contributed by atoms with Gasteiger partial charge in [0, 0.05) is 11.5 Å². The Morgan fingerprint density at radius 2 is 1.67 bits per heavy atom. The monoisotopic (exact) mass is 195 g/mol. The molecule has 0 bridgehead atoms. The first-order chi connectivity index (χ1) is 7.34. The van der Waals surface area contributed by atoms with Gasteiger partial charge in [-0.2, -0.15) is 0 Å². The summed E-state index contributed by atoms with van der Waals surface area (Å²) in [6, 6.07) is 15.7. The first kappa shape index (κ1) is 8.24. The van der Waals surface area contributed by atoms with Gasteiger partial charge in [-0.1, -0.05) is 30.3 Å². The molecule has 0 aliphatic carbocycles. The van der Waals surface area contributed by atoms with Crippen LogP contribution in [0.1, 0.15) is 0 Å². The lowest BCUT2D eigenvalue weighted by Gasteiger charge is -2.01. The Morgan fingerprint density at radius 1 is 0.800 bits per heavy atom. The first-order valence-corrected chi connectivity index (χ1v) is 4.81. The zero-order valence-electron chi connectivity index (χ0n) is 8.03. The SMILES string of the molecule is N=c1ccc2c(ccc3ccccc32)o1. The Hall–Kier alpha value is -2.09. The standard InChI is InChI=1S/C13H9NO/c14-13-8-6-11-10-4-2-1-3-9(10)5-7-12(11)15-13/h1-8,14H. The van der Waals surface area contributed by atoms with E-state index in [0.29, 0.717) is 0 Å². The molecule has 3 aromatic rings. The van der Waals surface area contributed by atoms with Gasteiger partial charge in [0.2, 0.25) is 5.55 Å². The zero-order chi connectivity index (χ0) is 10.3. The van der Waals surface area contributed by atoms with Gasteiger partial charge in [-0.05, 0) is 22.9 Å². The van der Waals surface area contributed by atoms with E-state index in [4.69, 9.17) is 9.83 Å². The zero-order valence-corrected chi connectivity index (χ0v) is 8.03. The molecule has 1 heterocycles. The molecule has 0 fully saturated rings. The van der Waals surface area contributed by atoms with Gasteiger partial charge in [-0.15, -0.1) is 0 Å². The Kier molecular flexibility index (Phi) is 1.62. The predicted octanol–water partition coefficient (Wildman–Crippen LogP) is 3.07. The fraction of sp³-hybridized carbons (Fsp3) is 0. The van der Waals surface area contributed by atoms with Crippen molar-refractivity contribution < 1.29 is 4.42 Å². The van der Waals surface area contributed by atoms with Crippen LogP contribution in [0, 0.1) is 5.41 Å². The molecule has 0 unspecified atom stereocenters. The second-order valence-electron chi connectivity index (χ2n) is 3.50. The van der Waals surface area contributed by atoms with Crippen molar-refractivity contribution in [1.29, 1.82) is 5.41 Å². The molecule has 0 amide bonds. The summed E-state index contributed by atoms with van der Waals surface area (Å²) in [6.45, 7) is 0. The lowest BCUT2D eigenvalue weighted by molar-refractivity contribution is 0.533. The topological polar surface area (TPSA) is 37.0 Å². The van der Waals surface area contributed by atoms with E-state index in [9.17, 15) is 0 Å². The minimum atomic E-state index is 0.192. The maximum atomic E-state index is 7.42. The van der Waals surface area contributed by atoms with E-state index in [1.807, 2.05) is 30.3 Å². The van der Waals surface area contributed by atoms with E-state index in [0.717, 1.165) is 11.0 Å². The first-order valence-electron chi connectivity index (χ1n) is 4.81. The van der Waals surface area contributed by atoms with Crippen molar-refractivity contribution in [2.24, 2.45) is 0 Å². The summed E-state index contributed by atoms with van der Waals surface area (Å²) < 4.78 is 5.34. The minimum Gasteiger partial charge on any atom is -0.439 e. The number of fused-ring (bicyclic) bond motifs is 3. The summed E-state index contributed by atoms with van der Waals surface area (Å²) in [5.41, 5.74) is 0.957. The average molecular weight is 195 g/mol. The Balaban J connectivity index is 2.60. The maximum Gasteiger partial charge on any atom is 0.211 e. The molecular formula is C13H9NO. The highest BCUT2D eigenvalue weighted by Gasteiger charge is 2.00. The summed E-state index contributed by atoms with van der Waals surface area (Å²) in [5, 5.41) is 10.8. The van der Waals surface area contributed by atoms with Gasteiger partial charge >= 0.3 is 0 Å². The van der Waals surface area contributed by atoms with Crippen LogP contribution in [-0.4, -0.2) is 0 Å². The fourth-order valence-corrected chi connectivity index (χ4v) is 1.85. The third-order valence-corrected chi connectivity index (χ3v) is 2.55. The summed E-state index contributed by atoms with van der Waals surface area (Å²) >= 11 is 0. The number of benzene rings is 2. The molecule has 72 valence electrons. The van der Waals surface area contributed by atoms with Gasteiger partial charge in [-0.3, -0.25) is 5.41 Å². The Morgan fingerprint density at radius 3 is 2.60 bits per heavy atom. The van der Waals surface area contributed by atoms with Gasteiger partial charge in [0.25, 0.3) is 0 Å². The maximum absolute atomic E-state index is 7.42. The lowest BCUT2D eigenvalue weighted by Crippen LogP contribution is -1.94. The molecule has 0 aliphatic rings. The van der Waals surface area contributed by atoms with E-state index < -0.39 is 0 Å². The third-order valence-electron chi connectivity index (χ3n) is 2.55. The smallest absolute Gasteiger partial charge is 0.211 e. The summed E-state index contributed by atoms with van der Waals surface area (Å²) in [6.07, 6.45) is 0. The van der Waals surface area contributed by atoms with Crippen LogP contribution in [0.3, 0.4) is 0 Å². The Labute approximate surface area is 86.3 Å². The highest BCUT2D eigenvalue weighted by atomic mass is 16.3. The van der Waals surface area contributed by atoms with Crippen LogP contribution in [0.5, 0.6) is 0 Å². The number of nitrogens with one attached hydrogen (secondary N) is 1. The van der Waals surface area contributed by atoms with E-state index in [1.165, 1.54) is 10.8 Å². The van der Waals surface area contributed by atoms with Gasteiger partial charge in [0.1, 0.15) is 5.58 Å². The van der Waals surface area contributed by atoms with E-state index in [-0.39, 0.29) is 5.55 Å². The molecule has 2 heteroatoms. The predicted molar refractivity (Wildman–Crippen MR) is 59.6 cm³/mol. The molecule has 0 aliphatic heterocycles. The molecule has 0 saturated heterocycles. The van der Waals surface area contributed by atoms with E-state index >= 15 is 0 Å². The molecule has 1 N–H and O–H groups in total. The van der Waals surface area contributed by atoms with E-state index in [2.05, 4.69) is 12.1 Å². The summed E-state index contributed by atoms with van der Waals surface area (Å²) in [4.78, 5) is 0. The number of hydrogen-bond acceptors (Lipinski definition) is 2. The van der Waals surface area contributed by atoms with Gasteiger partial charge in [0.15, 0.2) is 0 Å². The quantitative estimate of drug-likeness (QED) is 0.550. The van der Waals surface area contributed by atoms with Gasteiger partial charge in [0.05, 0.1) is 0 Å². The highest BCUT2D eigenvalue weighted by molar-refractivity contribution is 6.05. The van der Waals surface area contributed by atoms with Crippen molar-refractivity contribution in [1.82, 2.24) is 0 Å². The second kappa shape index (κ2) is 2.95. The highest BCUT2D eigenvalue weighted by Crippen LogP contribution is 2.23. The molecule has 0 saturated carbocycles.